The molecule has 1 amide bonds. The van der Waals surface area contributed by atoms with E-state index < -0.39 is 0 Å². The third kappa shape index (κ3) is 2.09. The van der Waals surface area contributed by atoms with Crippen LogP contribution in [0.2, 0.25) is 0 Å². The van der Waals surface area contributed by atoms with Crippen molar-refractivity contribution in [2.24, 2.45) is 0 Å². The van der Waals surface area contributed by atoms with Crippen molar-refractivity contribution >= 4 is 11.6 Å². The molecule has 1 aliphatic rings. The Balaban J connectivity index is 1.98. The van der Waals surface area contributed by atoms with Crippen LogP contribution in [0, 0.1) is 11.3 Å². The molecule has 0 radical (unpaired) electrons. The second kappa shape index (κ2) is 4.58. The van der Waals surface area contributed by atoms with Crippen LogP contribution in [-0.2, 0) is 11.2 Å². The van der Waals surface area contributed by atoms with E-state index in [4.69, 9.17) is 5.26 Å². The molecule has 3 heteroatoms. The average Bonchev–Trinajstić information content (AvgIpc) is 2.46. The van der Waals surface area contributed by atoms with Crippen LogP contribution in [0.4, 0.5) is 5.69 Å². The summed E-state index contributed by atoms with van der Waals surface area (Å²) in [5, 5.41) is 11.9. The number of para-hydroxylation sites is 1. The third-order valence-electron chi connectivity index (χ3n) is 3.43. The van der Waals surface area contributed by atoms with Gasteiger partial charge in [-0.25, -0.2) is 0 Å². The van der Waals surface area contributed by atoms with Crippen molar-refractivity contribution in [2.75, 3.05) is 5.32 Å². The van der Waals surface area contributed by atoms with E-state index in [1.54, 1.807) is 12.1 Å². The fourth-order valence-corrected chi connectivity index (χ4v) is 2.45. The molecule has 0 fully saturated rings. The van der Waals surface area contributed by atoms with Crippen LogP contribution < -0.4 is 5.32 Å². The summed E-state index contributed by atoms with van der Waals surface area (Å²) in [4.78, 5) is 12.2. The Labute approximate surface area is 111 Å². The Bertz CT molecular complexity index is 685. The van der Waals surface area contributed by atoms with E-state index in [1.807, 2.05) is 36.4 Å². The van der Waals surface area contributed by atoms with Crippen molar-refractivity contribution in [2.45, 2.75) is 12.3 Å². The van der Waals surface area contributed by atoms with Crippen LogP contribution in [-0.4, -0.2) is 5.91 Å². The van der Waals surface area contributed by atoms with E-state index in [0.29, 0.717) is 12.0 Å². The predicted octanol–water partition coefficient (Wildman–Crippen LogP) is 2.84. The van der Waals surface area contributed by atoms with Gasteiger partial charge < -0.3 is 5.32 Å². The van der Waals surface area contributed by atoms with Gasteiger partial charge >= 0.3 is 0 Å². The van der Waals surface area contributed by atoms with Crippen LogP contribution in [0.1, 0.15) is 22.6 Å². The molecular formula is C16H12N2O. The molecule has 2 aromatic rings. The Morgan fingerprint density at radius 3 is 2.84 bits per heavy atom. The molecule has 1 aliphatic heterocycles. The topological polar surface area (TPSA) is 52.9 Å². The molecule has 0 saturated carbocycles. The average molecular weight is 248 g/mol. The van der Waals surface area contributed by atoms with Gasteiger partial charge in [0.15, 0.2) is 0 Å². The van der Waals surface area contributed by atoms with Gasteiger partial charge in [0.1, 0.15) is 0 Å². The molecule has 0 aromatic heterocycles. The summed E-state index contributed by atoms with van der Waals surface area (Å²) in [5.41, 5.74) is 3.50. The lowest BCUT2D eigenvalue weighted by molar-refractivity contribution is -0.117. The Morgan fingerprint density at radius 1 is 1.16 bits per heavy atom. The highest BCUT2D eigenvalue weighted by atomic mass is 16.1. The van der Waals surface area contributed by atoms with E-state index in [1.165, 1.54) is 0 Å². The molecule has 3 rings (SSSR count). The second-order valence-electron chi connectivity index (χ2n) is 4.64. The summed E-state index contributed by atoms with van der Waals surface area (Å²) in [7, 11) is 0. The van der Waals surface area contributed by atoms with Gasteiger partial charge in [-0.2, -0.15) is 5.26 Å². The number of benzene rings is 2. The van der Waals surface area contributed by atoms with Crippen LogP contribution in [0.25, 0.3) is 0 Å². The third-order valence-corrected chi connectivity index (χ3v) is 3.43. The monoisotopic (exact) mass is 248 g/mol. The van der Waals surface area contributed by atoms with Crippen molar-refractivity contribution in [3.05, 3.63) is 65.2 Å². The Kier molecular flexibility index (Phi) is 2.77. The zero-order chi connectivity index (χ0) is 13.2. The number of amides is 1. The van der Waals surface area contributed by atoms with Crippen LogP contribution in [0.3, 0.4) is 0 Å². The summed E-state index contributed by atoms with van der Waals surface area (Å²) in [6.07, 6.45) is 0.677. The van der Waals surface area contributed by atoms with Gasteiger partial charge in [0.05, 0.1) is 17.6 Å². The van der Waals surface area contributed by atoms with Crippen molar-refractivity contribution in [3.63, 3.8) is 0 Å². The largest absolute Gasteiger partial charge is 0.325 e. The minimum Gasteiger partial charge on any atom is -0.325 e. The van der Waals surface area contributed by atoms with Gasteiger partial charge in [0.2, 0.25) is 5.91 Å². The Hall–Kier alpha value is -2.60. The lowest BCUT2D eigenvalue weighted by Crippen LogP contribution is -2.28. The molecule has 1 N–H and O–H groups in total. The molecule has 0 bridgehead atoms. The minimum atomic E-state index is -0.219. The molecule has 1 heterocycles. The zero-order valence-electron chi connectivity index (χ0n) is 10.3. The maximum absolute atomic E-state index is 12.2. The quantitative estimate of drug-likeness (QED) is 0.843. The highest BCUT2D eigenvalue weighted by Crippen LogP contribution is 2.31. The van der Waals surface area contributed by atoms with Crippen LogP contribution in [0.15, 0.2) is 48.5 Å². The number of carbonyl (C=O) groups is 1. The first-order valence-electron chi connectivity index (χ1n) is 6.17. The lowest BCUT2D eigenvalue weighted by atomic mass is 9.87. The van der Waals surface area contributed by atoms with Gasteiger partial charge in [0, 0.05) is 5.69 Å². The summed E-state index contributed by atoms with van der Waals surface area (Å²) in [6, 6.07) is 17.2. The van der Waals surface area contributed by atoms with E-state index in [-0.39, 0.29) is 11.8 Å². The first kappa shape index (κ1) is 11.5. The smallest absolute Gasteiger partial charge is 0.232 e. The van der Waals surface area contributed by atoms with E-state index in [9.17, 15) is 4.79 Å². The van der Waals surface area contributed by atoms with Crippen molar-refractivity contribution in [1.82, 2.24) is 0 Å². The number of nitriles is 1. The van der Waals surface area contributed by atoms with Crippen molar-refractivity contribution in [3.8, 4) is 6.07 Å². The van der Waals surface area contributed by atoms with Crippen molar-refractivity contribution in [1.29, 1.82) is 5.26 Å². The molecular weight excluding hydrogens is 236 g/mol. The SMILES string of the molecule is N#Cc1cccc([C@H]2Cc3ccccc3NC2=O)c1. The molecule has 3 nitrogen and oxygen atoms in total. The standard InChI is InChI=1S/C16H12N2O/c17-10-11-4-3-6-12(8-11)14-9-13-5-1-2-7-15(13)18-16(14)19/h1-8,14H,9H2,(H,18,19)/t14-/m1/s1. The van der Waals surface area contributed by atoms with Gasteiger partial charge in [-0.1, -0.05) is 30.3 Å². The number of hydrogen-bond acceptors (Lipinski definition) is 2. The number of rotatable bonds is 1. The van der Waals surface area contributed by atoms with Crippen LogP contribution in [0.5, 0.6) is 0 Å². The number of fused-ring (bicyclic) bond motifs is 1. The maximum atomic E-state index is 12.2. The number of carbonyl (C=O) groups excluding carboxylic acids is 1. The van der Waals surface area contributed by atoms with Crippen molar-refractivity contribution < 1.29 is 4.79 Å². The van der Waals surface area contributed by atoms with Gasteiger partial charge in [-0.3, -0.25) is 4.79 Å². The number of nitrogens with one attached hydrogen (secondary N) is 1. The lowest BCUT2D eigenvalue weighted by Gasteiger charge is -2.24. The number of anilines is 1. The van der Waals surface area contributed by atoms with E-state index >= 15 is 0 Å². The Morgan fingerprint density at radius 2 is 2.00 bits per heavy atom. The molecule has 0 spiro atoms. The normalized spacial score (nSPS) is 17.2. The van der Waals surface area contributed by atoms with Gasteiger partial charge in [0.25, 0.3) is 0 Å². The molecule has 92 valence electrons. The molecule has 1 atom stereocenters. The van der Waals surface area contributed by atoms with E-state index in [2.05, 4.69) is 11.4 Å². The predicted molar refractivity (Wildman–Crippen MR) is 72.7 cm³/mol. The molecule has 0 saturated heterocycles. The highest BCUT2D eigenvalue weighted by Gasteiger charge is 2.27. The number of nitrogens with zero attached hydrogens (tertiary/aromatic N) is 1. The number of hydrogen-bond donors (Lipinski definition) is 1. The highest BCUT2D eigenvalue weighted by molar-refractivity contribution is 5.98. The minimum absolute atomic E-state index is 0.00575. The first-order valence-corrected chi connectivity index (χ1v) is 6.17. The molecule has 2 aromatic carbocycles. The second-order valence-corrected chi connectivity index (χ2v) is 4.64. The molecule has 0 aliphatic carbocycles. The maximum Gasteiger partial charge on any atom is 0.232 e. The molecule has 19 heavy (non-hydrogen) atoms. The fraction of sp³-hybridized carbons (Fsp3) is 0.125. The zero-order valence-corrected chi connectivity index (χ0v) is 10.3. The summed E-state index contributed by atoms with van der Waals surface area (Å²) < 4.78 is 0. The first-order chi connectivity index (χ1) is 9.28. The summed E-state index contributed by atoms with van der Waals surface area (Å²) in [5.74, 6) is -0.225. The van der Waals surface area contributed by atoms with Gasteiger partial charge in [-0.05, 0) is 35.7 Å². The summed E-state index contributed by atoms with van der Waals surface area (Å²) in [6.45, 7) is 0. The summed E-state index contributed by atoms with van der Waals surface area (Å²) >= 11 is 0. The fourth-order valence-electron chi connectivity index (χ4n) is 2.45. The van der Waals surface area contributed by atoms with Gasteiger partial charge in [-0.15, -0.1) is 0 Å². The van der Waals surface area contributed by atoms with E-state index in [0.717, 1.165) is 16.8 Å². The van der Waals surface area contributed by atoms with Crippen LogP contribution >= 0.6 is 0 Å². The molecule has 0 unspecified atom stereocenters.